The smallest absolute Gasteiger partial charge is 0.351 e. The SMILES string of the molecule is FC(F)(F)c1cc(-c2ccc(Cl)c(Cl)c2)c(-c2ccc(Cl)c(Cl)c2)[nH]1. The number of aromatic amines is 1. The number of hydrogen-bond donors (Lipinski definition) is 1. The van der Waals surface area contributed by atoms with Crippen LogP contribution in [-0.2, 0) is 6.18 Å². The Morgan fingerprint density at radius 2 is 1.20 bits per heavy atom. The predicted octanol–water partition coefficient (Wildman–Crippen LogP) is 7.98. The van der Waals surface area contributed by atoms with Gasteiger partial charge in [-0.1, -0.05) is 58.5 Å². The summed E-state index contributed by atoms with van der Waals surface area (Å²) < 4.78 is 39.5. The highest BCUT2D eigenvalue weighted by Gasteiger charge is 2.34. The molecule has 0 aliphatic rings. The Labute approximate surface area is 161 Å². The van der Waals surface area contributed by atoms with E-state index in [4.69, 9.17) is 46.4 Å². The molecule has 0 saturated heterocycles. The van der Waals surface area contributed by atoms with Crippen molar-refractivity contribution in [3.8, 4) is 22.4 Å². The molecule has 3 aromatic rings. The maximum absolute atomic E-state index is 13.2. The van der Waals surface area contributed by atoms with Gasteiger partial charge in [-0.2, -0.15) is 13.2 Å². The van der Waals surface area contributed by atoms with Crippen molar-refractivity contribution in [2.75, 3.05) is 0 Å². The van der Waals surface area contributed by atoms with Gasteiger partial charge in [0.15, 0.2) is 0 Å². The van der Waals surface area contributed by atoms with Crippen LogP contribution in [0.4, 0.5) is 13.2 Å². The molecule has 0 atom stereocenters. The van der Waals surface area contributed by atoms with E-state index in [2.05, 4.69) is 4.98 Å². The van der Waals surface area contributed by atoms with Gasteiger partial charge in [-0.05, 0) is 35.9 Å². The highest BCUT2D eigenvalue weighted by molar-refractivity contribution is 6.42. The molecule has 1 N–H and O–H groups in total. The van der Waals surface area contributed by atoms with E-state index in [1.54, 1.807) is 12.1 Å². The number of nitrogens with one attached hydrogen (secondary N) is 1. The van der Waals surface area contributed by atoms with Crippen LogP contribution in [0.15, 0.2) is 42.5 Å². The summed E-state index contributed by atoms with van der Waals surface area (Å²) in [6.45, 7) is 0. The number of H-pyrrole nitrogens is 1. The molecule has 0 amide bonds. The molecule has 130 valence electrons. The second kappa shape index (κ2) is 6.76. The molecule has 1 heterocycles. The molecular formula is C17H8Cl4F3N. The first-order valence-corrected chi connectivity index (χ1v) is 8.39. The van der Waals surface area contributed by atoms with Crippen LogP contribution in [0.25, 0.3) is 22.4 Å². The van der Waals surface area contributed by atoms with Crippen LogP contribution >= 0.6 is 46.4 Å². The van der Waals surface area contributed by atoms with Crippen molar-refractivity contribution in [3.63, 3.8) is 0 Å². The topological polar surface area (TPSA) is 15.8 Å². The van der Waals surface area contributed by atoms with Crippen LogP contribution < -0.4 is 0 Å². The quantitative estimate of drug-likeness (QED) is 0.429. The molecule has 1 nitrogen and oxygen atoms in total. The first-order chi connectivity index (χ1) is 11.7. The fraction of sp³-hybridized carbons (Fsp3) is 0.0588. The largest absolute Gasteiger partial charge is 0.431 e. The Hall–Kier alpha value is -1.33. The minimum Gasteiger partial charge on any atom is -0.351 e. The molecule has 0 fully saturated rings. The summed E-state index contributed by atoms with van der Waals surface area (Å²) in [5, 5.41) is 1.11. The van der Waals surface area contributed by atoms with Crippen molar-refractivity contribution in [2.24, 2.45) is 0 Å². The minimum atomic E-state index is -4.53. The van der Waals surface area contributed by atoms with Crippen molar-refractivity contribution in [3.05, 3.63) is 68.2 Å². The maximum atomic E-state index is 13.2. The van der Waals surface area contributed by atoms with Gasteiger partial charge < -0.3 is 4.98 Å². The lowest BCUT2D eigenvalue weighted by atomic mass is 10.0. The lowest BCUT2D eigenvalue weighted by Gasteiger charge is -2.07. The summed E-state index contributed by atoms with van der Waals surface area (Å²) in [7, 11) is 0. The standard InChI is InChI=1S/C17H8Cl4F3N/c18-11-3-1-8(5-13(11)20)10-7-15(17(22,23)24)25-16(10)9-2-4-12(19)14(21)6-9/h1-7,25H. The Morgan fingerprint density at radius 3 is 1.72 bits per heavy atom. The van der Waals surface area contributed by atoms with Crippen LogP contribution in [0.5, 0.6) is 0 Å². The van der Waals surface area contributed by atoms with E-state index < -0.39 is 11.9 Å². The first kappa shape index (κ1) is 18.5. The summed E-state index contributed by atoms with van der Waals surface area (Å²) in [5.41, 5.74) is 0.649. The summed E-state index contributed by atoms with van der Waals surface area (Å²) in [5.74, 6) is 0. The van der Waals surface area contributed by atoms with Crippen molar-refractivity contribution in [1.82, 2.24) is 4.98 Å². The molecule has 1 aromatic heterocycles. The molecule has 8 heteroatoms. The molecule has 0 saturated carbocycles. The van der Waals surface area contributed by atoms with Crippen LogP contribution in [0.2, 0.25) is 20.1 Å². The van der Waals surface area contributed by atoms with Gasteiger partial charge in [-0.15, -0.1) is 0 Å². The highest BCUT2D eigenvalue weighted by Crippen LogP contribution is 2.40. The summed E-state index contributed by atoms with van der Waals surface area (Å²) in [6, 6.07) is 10.3. The molecule has 2 aromatic carbocycles. The summed E-state index contributed by atoms with van der Waals surface area (Å²) in [4.78, 5) is 2.41. The molecule has 0 aliphatic carbocycles. The van der Waals surface area contributed by atoms with Crippen LogP contribution in [0.3, 0.4) is 0 Å². The minimum absolute atomic E-state index is 0.238. The zero-order chi connectivity index (χ0) is 18.4. The second-order valence-electron chi connectivity index (χ2n) is 5.23. The average Bonchev–Trinajstić information content (AvgIpc) is 2.98. The van der Waals surface area contributed by atoms with E-state index in [1.165, 1.54) is 24.3 Å². The fourth-order valence-corrected chi connectivity index (χ4v) is 2.97. The monoisotopic (exact) mass is 423 g/mol. The number of alkyl halides is 3. The van der Waals surface area contributed by atoms with Gasteiger partial charge >= 0.3 is 6.18 Å². The van der Waals surface area contributed by atoms with Gasteiger partial charge in [0.2, 0.25) is 0 Å². The normalized spacial score (nSPS) is 11.8. The van der Waals surface area contributed by atoms with Crippen LogP contribution in [0, 0.1) is 0 Å². The van der Waals surface area contributed by atoms with Crippen molar-refractivity contribution in [2.45, 2.75) is 6.18 Å². The van der Waals surface area contributed by atoms with Crippen LogP contribution in [-0.4, -0.2) is 4.98 Å². The Bertz CT molecular complexity index is 879. The van der Waals surface area contributed by atoms with E-state index in [1.807, 2.05) is 0 Å². The Kier molecular flexibility index (Phi) is 5.00. The van der Waals surface area contributed by atoms with Gasteiger partial charge in [-0.3, -0.25) is 0 Å². The molecule has 0 bridgehead atoms. The second-order valence-corrected chi connectivity index (χ2v) is 6.86. The first-order valence-electron chi connectivity index (χ1n) is 6.88. The van der Waals surface area contributed by atoms with E-state index in [0.717, 1.165) is 6.07 Å². The number of hydrogen-bond acceptors (Lipinski definition) is 0. The van der Waals surface area contributed by atoms with Gasteiger partial charge in [0.05, 0.1) is 25.8 Å². The van der Waals surface area contributed by atoms with E-state index in [9.17, 15) is 13.2 Å². The van der Waals surface area contributed by atoms with Crippen molar-refractivity contribution in [1.29, 1.82) is 0 Å². The average molecular weight is 425 g/mol. The van der Waals surface area contributed by atoms with Crippen molar-refractivity contribution < 1.29 is 13.2 Å². The Balaban J connectivity index is 2.24. The third-order valence-corrected chi connectivity index (χ3v) is 5.04. The Morgan fingerprint density at radius 1 is 0.680 bits per heavy atom. The van der Waals surface area contributed by atoms with Gasteiger partial charge in [0.1, 0.15) is 5.69 Å². The van der Waals surface area contributed by atoms with Crippen LogP contribution in [0.1, 0.15) is 5.69 Å². The number of rotatable bonds is 2. The van der Waals surface area contributed by atoms with E-state index in [0.29, 0.717) is 26.7 Å². The highest BCUT2D eigenvalue weighted by atomic mass is 35.5. The number of halogens is 7. The van der Waals surface area contributed by atoms with E-state index in [-0.39, 0.29) is 15.7 Å². The van der Waals surface area contributed by atoms with Gasteiger partial charge in [0.25, 0.3) is 0 Å². The fourth-order valence-electron chi connectivity index (χ4n) is 2.38. The molecule has 0 aliphatic heterocycles. The van der Waals surface area contributed by atoms with E-state index >= 15 is 0 Å². The predicted molar refractivity (Wildman–Crippen MR) is 96.7 cm³/mol. The lowest BCUT2D eigenvalue weighted by molar-refractivity contribution is -0.140. The lowest BCUT2D eigenvalue weighted by Crippen LogP contribution is -2.04. The zero-order valence-corrected chi connectivity index (χ0v) is 15.2. The third kappa shape index (κ3) is 3.77. The third-order valence-electron chi connectivity index (χ3n) is 3.56. The molecular weight excluding hydrogens is 417 g/mol. The molecule has 0 unspecified atom stereocenters. The molecule has 0 radical (unpaired) electrons. The molecule has 3 rings (SSSR count). The maximum Gasteiger partial charge on any atom is 0.431 e. The number of benzene rings is 2. The van der Waals surface area contributed by atoms with Crippen molar-refractivity contribution >= 4 is 46.4 Å². The summed E-state index contributed by atoms with van der Waals surface area (Å²) in [6.07, 6.45) is -4.53. The van der Waals surface area contributed by atoms with Gasteiger partial charge in [-0.25, -0.2) is 0 Å². The zero-order valence-electron chi connectivity index (χ0n) is 12.2. The molecule has 0 spiro atoms. The van der Waals surface area contributed by atoms with Gasteiger partial charge in [0, 0.05) is 11.1 Å². The number of aromatic nitrogens is 1. The summed E-state index contributed by atoms with van der Waals surface area (Å²) >= 11 is 23.8. The molecule has 25 heavy (non-hydrogen) atoms.